The molecule has 0 atom stereocenters. The second-order valence-electron chi connectivity index (χ2n) is 3.84. The van der Waals surface area contributed by atoms with E-state index in [-0.39, 0.29) is 10.7 Å². The van der Waals surface area contributed by atoms with Gasteiger partial charge in [0.1, 0.15) is 5.76 Å². The molecule has 5 nitrogen and oxygen atoms in total. The van der Waals surface area contributed by atoms with E-state index in [2.05, 4.69) is 25.8 Å². The molecule has 0 radical (unpaired) electrons. The minimum atomic E-state index is -3.63. The fourth-order valence-corrected chi connectivity index (χ4v) is 2.71. The molecule has 2 rings (SSSR count). The average molecular weight is 331 g/mol. The predicted molar refractivity (Wildman–Crippen MR) is 70.9 cm³/mol. The van der Waals surface area contributed by atoms with Crippen LogP contribution in [0, 0.1) is 13.8 Å². The number of anilines is 1. The van der Waals surface area contributed by atoms with E-state index in [1.165, 1.54) is 12.1 Å². The van der Waals surface area contributed by atoms with Gasteiger partial charge in [0.2, 0.25) is 0 Å². The van der Waals surface area contributed by atoms with Gasteiger partial charge in [0.05, 0.1) is 4.90 Å². The van der Waals surface area contributed by atoms with E-state index >= 15 is 0 Å². The van der Waals surface area contributed by atoms with Gasteiger partial charge in [-0.1, -0.05) is 21.1 Å². The summed E-state index contributed by atoms with van der Waals surface area (Å²) in [5.74, 6) is 0.716. The van der Waals surface area contributed by atoms with Crippen molar-refractivity contribution in [2.45, 2.75) is 18.7 Å². The van der Waals surface area contributed by atoms with E-state index < -0.39 is 10.0 Å². The highest BCUT2D eigenvalue weighted by molar-refractivity contribution is 9.10. The normalized spacial score (nSPS) is 11.5. The summed E-state index contributed by atoms with van der Waals surface area (Å²) >= 11 is 3.32. The molecule has 7 heteroatoms. The van der Waals surface area contributed by atoms with E-state index in [1.54, 1.807) is 19.1 Å². The molecular weight excluding hydrogens is 320 g/mol. The third kappa shape index (κ3) is 2.73. The van der Waals surface area contributed by atoms with Crippen LogP contribution >= 0.6 is 15.9 Å². The summed E-state index contributed by atoms with van der Waals surface area (Å²) in [7, 11) is -3.63. The lowest BCUT2D eigenvalue weighted by molar-refractivity contribution is 0.400. The van der Waals surface area contributed by atoms with Crippen molar-refractivity contribution in [3.8, 4) is 0 Å². The monoisotopic (exact) mass is 330 g/mol. The highest BCUT2D eigenvalue weighted by Crippen LogP contribution is 2.21. The van der Waals surface area contributed by atoms with Crippen molar-refractivity contribution in [3.05, 3.63) is 40.1 Å². The van der Waals surface area contributed by atoms with Gasteiger partial charge in [-0.05, 0) is 37.6 Å². The smallest absolute Gasteiger partial charge is 0.263 e. The van der Waals surface area contributed by atoms with Crippen molar-refractivity contribution in [2.75, 3.05) is 4.72 Å². The Labute approximate surface area is 113 Å². The van der Waals surface area contributed by atoms with Crippen LogP contribution in [0.15, 0.2) is 38.2 Å². The van der Waals surface area contributed by atoms with Gasteiger partial charge in [-0.2, -0.15) is 0 Å². The van der Waals surface area contributed by atoms with Gasteiger partial charge < -0.3 is 4.52 Å². The number of rotatable bonds is 3. The number of aryl methyl sites for hydroxylation is 2. The van der Waals surface area contributed by atoms with E-state index in [0.29, 0.717) is 5.76 Å². The zero-order valence-electron chi connectivity index (χ0n) is 9.77. The van der Waals surface area contributed by atoms with Crippen molar-refractivity contribution in [1.29, 1.82) is 0 Å². The summed E-state index contributed by atoms with van der Waals surface area (Å²) in [6, 6.07) is 6.31. The molecule has 0 saturated heterocycles. The van der Waals surface area contributed by atoms with Gasteiger partial charge in [0.25, 0.3) is 10.0 Å². The number of nitrogens with one attached hydrogen (secondary N) is 1. The van der Waals surface area contributed by atoms with Gasteiger partial charge in [-0.25, -0.2) is 8.42 Å². The number of hydrogen-bond acceptors (Lipinski definition) is 4. The molecule has 96 valence electrons. The molecule has 0 fully saturated rings. The Morgan fingerprint density at radius 3 is 2.56 bits per heavy atom. The maximum absolute atomic E-state index is 12.1. The first-order valence-corrected chi connectivity index (χ1v) is 7.38. The van der Waals surface area contributed by atoms with E-state index in [0.717, 1.165) is 10.0 Å². The van der Waals surface area contributed by atoms with Crippen LogP contribution in [0.3, 0.4) is 0 Å². The quantitative estimate of drug-likeness (QED) is 0.939. The van der Waals surface area contributed by atoms with Crippen molar-refractivity contribution in [2.24, 2.45) is 0 Å². The van der Waals surface area contributed by atoms with Crippen molar-refractivity contribution >= 4 is 31.8 Å². The molecule has 0 spiro atoms. The SMILES string of the molecule is Cc1cc(NS(=O)(=O)c2ccc(Br)c(C)c2)no1. The molecular formula is C11H11BrN2O3S. The number of aromatic nitrogens is 1. The highest BCUT2D eigenvalue weighted by atomic mass is 79.9. The lowest BCUT2D eigenvalue weighted by Crippen LogP contribution is -2.13. The van der Waals surface area contributed by atoms with E-state index in [1.807, 2.05) is 6.92 Å². The molecule has 2 aromatic rings. The molecule has 0 aliphatic heterocycles. The summed E-state index contributed by atoms with van der Waals surface area (Å²) in [6.07, 6.45) is 0. The first-order valence-electron chi connectivity index (χ1n) is 5.11. The topological polar surface area (TPSA) is 72.2 Å². The van der Waals surface area contributed by atoms with Crippen molar-refractivity contribution in [3.63, 3.8) is 0 Å². The van der Waals surface area contributed by atoms with Gasteiger partial charge >= 0.3 is 0 Å². The van der Waals surface area contributed by atoms with Gasteiger partial charge in [0, 0.05) is 10.5 Å². The van der Waals surface area contributed by atoms with Crippen LogP contribution in [0.2, 0.25) is 0 Å². The first-order chi connectivity index (χ1) is 8.38. The van der Waals surface area contributed by atoms with Crippen LogP contribution in [-0.2, 0) is 10.0 Å². The van der Waals surface area contributed by atoms with Gasteiger partial charge in [-0.15, -0.1) is 0 Å². The Balaban J connectivity index is 2.33. The molecule has 0 amide bonds. The minimum absolute atomic E-state index is 0.174. The number of hydrogen-bond donors (Lipinski definition) is 1. The zero-order valence-corrected chi connectivity index (χ0v) is 12.2. The summed E-state index contributed by atoms with van der Waals surface area (Å²) in [5, 5.41) is 3.59. The van der Waals surface area contributed by atoms with Crippen LogP contribution in [0.4, 0.5) is 5.82 Å². The Hall–Kier alpha value is -1.34. The molecule has 0 saturated carbocycles. The largest absolute Gasteiger partial charge is 0.360 e. The lowest BCUT2D eigenvalue weighted by Gasteiger charge is -2.06. The fourth-order valence-electron chi connectivity index (χ4n) is 1.40. The predicted octanol–water partition coefficient (Wildman–Crippen LogP) is 2.85. The van der Waals surface area contributed by atoms with Crippen molar-refractivity contribution < 1.29 is 12.9 Å². The Morgan fingerprint density at radius 1 is 1.28 bits per heavy atom. The first kappa shape index (κ1) is 13.1. The van der Waals surface area contributed by atoms with Crippen LogP contribution < -0.4 is 4.72 Å². The van der Waals surface area contributed by atoms with E-state index in [9.17, 15) is 8.42 Å². The number of sulfonamides is 1. The van der Waals surface area contributed by atoms with Crippen LogP contribution in [0.5, 0.6) is 0 Å². The lowest BCUT2D eigenvalue weighted by atomic mass is 10.2. The number of halogens is 1. The minimum Gasteiger partial charge on any atom is -0.360 e. The molecule has 0 bridgehead atoms. The standard InChI is InChI=1S/C11H11BrN2O3S/c1-7-5-9(3-4-10(7)12)18(15,16)14-11-6-8(2)17-13-11/h3-6H,1-2H3,(H,13,14). The third-order valence-electron chi connectivity index (χ3n) is 2.31. The summed E-state index contributed by atoms with van der Waals surface area (Å²) < 4.78 is 32.2. The molecule has 1 N–H and O–H groups in total. The Bertz CT molecular complexity index is 679. The Kier molecular flexibility index (Phi) is 3.45. The molecule has 1 aromatic carbocycles. The van der Waals surface area contributed by atoms with Crippen LogP contribution in [0.1, 0.15) is 11.3 Å². The second kappa shape index (κ2) is 4.74. The number of benzene rings is 1. The zero-order chi connectivity index (χ0) is 13.3. The van der Waals surface area contributed by atoms with Gasteiger partial charge in [0.15, 0.2) is 5.82 Å². The van der Waals surface area contributed by atoms with Gasteiger partial charge in [-0.3, -0.25) is 4.72 Å². The maximum Gasteiger partial charge on any atom is 0.263 e. The molecule has 0 unspecified atom stereocenters. The molecule has 18 heavy (non-hydrogen) atoms. The third-order valence-corrected chi connectivity index (χ3v) is 4.55. The molecule has 0 aliphatic carbocycles. The maximum atomic E-state index is 12.1. The number of nitrogens with zero attached hydrogens (tertiary/aromatic N) is 1. The summed E-state index contributed by atoms with van der Waals surface area (Å²) in [6.45, 7) is 3.51. The molecule has 1 aromatic heterocycles. The molecule has 1 heterocycles. The Morgan fingerprint density at radius 2 is 2.00 bits per heavy atom. The van der Waals surface area contributed by atoms with E-state index in [4.69, 9.17) is 4.52 Å². The summed E-state index contributed by atoms with van der Waals surface area (Å²) in [5.41, 5.74) is 0.842. The van der Waals surface area contributed by atoms with Crippen LogP contribution in [0.25, 0.3) is 0 Å². The fraction of sp³-hybridized carbons (Fsp3) is 0.182. The van der Waals surface area contributed by atoms with Crippen molar-refractivity contribution in [1.82, 2.24) is 5.16 Å². The van der Waals surface area contributed by atoms with Crippen LogP contribution in [-0.4, -0.2) is 13.6 Å². The second-order valence-corrected chi connectivity index (χ2v) is 6.38. The average Bonchev–Trinajstić information content (AvgIpc) is 2.67. The summed E-state index contributed by atoms with van der Waals surface area (Å²) in [4.78, 5) is 0.184. The molecule has 0 aliphatic rings. The highest BCUT2D eigenvalue weighted by Gasteiger charge is 2.16.